The minimum atomic E-state index is 0.488. The largest absolute Gasteiger partial charge is 0.493 e. The molecule has 0 bridgehead atoms. The fourth-order valence-corrected chi connectivity index (χ4v) is 4.61. The fourth-order valence-electron chi connectivity index (χ4n) is 4.61. The molecule has 2 N–H and O–H groups in total. The standard InChI is InChI=1S/C26H27N5O4/c1-32-19-10-15-6-9-31(14-16(15)11-20(19)33-2)22-12-17(27)23-18(30-22)13-21(34-3)25(35-4)24(23)26-28-7-5-8-29-26/h5,7-8,10-13H,6,9,14H2,1-4H3,(H2,27,30). The van der Waals surface area contributed by atoms with Crippen LogP contribution in [-0.2, 0) is 13.0 Å². The van der Waals surface area contributed by atoms with Gasteiger partial charge in [-0.05, 0) is 35.7 Å². The van der Waals surface area contributed by atoms with E-state index in [1.165, 1.54) is 11.1 Å². The van der Waals surface area contributed by atoms with E-state index in [0.717, 1.165) is 29.9 Å². The van der Waals surface area contributed by atoms with Crippen molar-refractivity contribution >= 4 is 22.4 Å². The number of hydrogen-bond acceptors (Lipinski definition) is 9. The second-order valence-corrected chi connectivity index (χ2v) is 8.17. The summed E-state index contributed by atoms with van der Waals surface area (Å²) in [6.07, 6.45) is 4.21. The van der Waals surface area contributed by atoms with Gasteiger partial charge in [0.1, 0.15) is 5.82 Å². The maximum atomic E-state index is 6.64. The number of nitrogen functional groups attached to an aromatic ring is 1. The van der Waals surface area contributed by atoms with Crippen LogP contribution in [0, 0.1) is 0 Å². The molecular formula is C26H27N5O4. The van der Waals surface area contributed by atoms with E-state index in [-0.39, 0.29) is 0 Å². The Bertz CT molecular complexity index is 1390. The number of ether oxygens (including phenoxy) is 4. The molecule has 2 aromatic heterocycles. The molecule has 9 heteroatoms. The predicted octanol–water partition coefficient (Wildman–Crippen LogP) is 3.87. The summed E-state index contributed by atoms with van der Waals surface area (Å²) in [6.45, 7) is 1.47. The number of aromatic nitrogens is 3. The first kappa shape index (κ1) is 22.5. The lowest BCUT2D eigenvalue weighted by molar-refractivity contribution is 0.353. The van der Waals surface area contributed by atoms with Gasteiger partial charge in [0, 0.05) is 48.7 Å². The second-order valence-electron chi connectivity index (χ2n) is 8.17. The summed E-state index contributed by atoms with van der Waals surface area (Å²) in [4.78, 5) is 16.0. The van der Waals surface area contributed by atoms with E-state index in [1.54, 1.807) is 46.9 Å². The Balaban J connectivity index is 1.62. The van der Waals surface area contributed by atoms with Crippen molar-refractivity contribution in [2.45, 2.75) is 13.0 Å². The number of anilines is 2. The number of benzene rings is 2. The lowest BCUT2D eigenvalue weighted by Crippen LogP contribution is -2.31. The monoisotopic (exact) mass is 473 g/mol. The average Bonchev–Trinajstić information content (AvgIpc) is 2.91. The minimum absolute atomic E-state index is 0.488. The third-order valence-corrected chi connectivity index (χ3v) is 6.29. The van der Waals surface area contributed by atoms with Crippen molar-refractivity contribution in [3.63, 3.8) is 0 Å². The summed E-state index contributed by atoms with van der Waals surface area (Å²) in [7, 11) is 6.48. The highest BCUT2D eigenvalue weighted by molar-refractivity contribution is 6.06. The number of pyridine rings is 1. The third-order valence-electron chi connectivity index (χ3n) is 6.29. The highest BCUT2D eigenvalue weighted by Gasteiger charge is 2.25. The molecule has 5 rings (SSSR count). The molecule has 9 nitrogen and oxygen atoms in total. The highest BCUT2D eigenvalue weighted by Crippen LogP contribution is 2.45. The molecule has 180 valence electrons. The average molecular weight is 474 g/mol. The van der Waals surface area contributed by atoms with Gasteiger partial charge in [0.05, 0.1) is 39.5 Å². The van der Waals surface area contributed by atoms with Crippen LogP contribution in [0.1, 0.15) is 11.1 Å². The molecule has 0 unspecified atom stereocenters. The molecule has 3 heterocycles. The fraction of sp³-hybridized carbons (Fsp3) is 0.269. The quantitative estimate of drug-likeness (QED) is 0.447. The summed E-state index contributed by atoms with van der Waals surface area (Å²) >= 11 is 0. The number of nitrogens with two attached hydrogens (primary N) is 1. The SMILES string of the molecule is COc1cc2c(cc1OC)CN(c1cc(N)c3c(-c4ncccn4)c(OC)c(OC)cc3n1)CC2. The molecule has 4 aromatic rings. The molecule has 0 radical (unpaired) electrons. The Hall–Kier alpha value is -4.27. The van der Waals surface area contributed by atoms with Crippen LogP contribution in [0.2, 0.25) is 0 Å². The van der Waals surface area contributed by atoms with E-state index in [4.69, 9.17) is 29.7 Å². The zero-order valence-corrected chi connectivity index (χ0v) is 20.2. The highest BCUT2D eigenvalue weighted by atomic mass is 16.5. The summed E-state index contributed by atoms with van der Waals surface area (Å²) in [5.74, 6) is 3.77. The lowest BCUT2D eigenvalue weighted by Gasteiger charge is -2.31. The molecule has 0 fully saturated rings. The minimum Gasteiger partial charge on any atom is -0.493 e. The van der Waals surface area contributed by atoms with Crippen LogP contribution in [0.15, 0.2) is 42.7 Å². The normalized spacial score (nSPS) is 12.9. The molecule has 1 aliphatic rings. The molecular weight excluding hydrogens is 446 g/mol. The zero-order chi connectivity index (χ0) is 24.5. The molecule has 0 saturated carbocycles. The molecule has 0 amide bonds. The topological polar surface area (TPSA) is 105 Å². The van der Waals surface area contributed by atoms with Gasteiger partial charge in [-0.15, -0.1) is 0 Å². The van der Waals surface area contributed by atoms with Crippen molar-refractivity contribution in [1.29, 1.82) is 0 Å². The number of nitrogens with zero attached hydrogens (tertiary/aromatic N) is 4. The zero-order valence-electron chi connectivity index (χ0n) is 20.2. The molecule has 0 aliphatic carbocycles. The summed E-state index contributed by atoms with van der Waals surface area (Å²) in [5.41, 5.74) is 10.9. The van der Waals surface area contributed by atoms with Crippen LogP contribution in [0.25, 0.3) is 22.3 Å². The third kappa shape index (κ3) is 3.88. The molecule has 35 heavy (non-hydrogen) atoms. The van der Waals surface area contributed by atoms with Crippen LogP contribution < -0.4 is 29.6 Å². The first-order chi connectivity index (χ1) is 17.1. The van der Waals surface area contributed by atoms with Gasteiger partial charge < -0.3 is 29.6 Å². The van der Waals surface area contributed by atoms with E-state index in [2.05, 4.69) is 20.9 Å². The van der Waals surface area contributed by atoms with Gasteiger partial charge in [0.25, 0.3) is 0 Å². The molecule has 0 saturated heterocycles. The van der Waals surface area contributed by atoms with Crippen LogP contribution in [0.5, 0.6) is 23.0 Å². The smallest absolute Gasteiger partial charge is 0.172 e. The van der Waals surface area contributed by atoms with Gasteiger partial charge in [-0.2, -0.15) is 0 Å². The van der Waals surface area contributed by atoms with Crippen LogP contribution in [0.4, 0.5) is 11.5 Å². The Morgan fingerprint density at radius 1 is 0.829 bits per heavy atom. The maximum absolute atomic E-state index is 6.64. The van der Waals surface area contributed by atoms with Gasteiger partial charge in [0.2, 0.25) is 0 Å². The second kappa shape index (κ2) is 9.17. The molecule has 0 spiro atoms. The van der Waals surface area contributed by atoms with E-state index >= 15 is 0 Å². The van der Waals surface area contributed by atoms with Gasteiger partial charge in [0.15, 0.2) is 28.8 Å². The Labute approximate surface area is 203 Å². The number of rotatable bonds is 6. The lowest BCUT2D eigenvalue weighted by atomic mass is 9.98. The predicted molar refractivity (Wildman–Crippen MR) is 135 cm³/mol. The van der Waals surface area contributed by atoms with Gasteiger partial charge in [-0.1, -0.05) is 0 Å². The number of fused-ring (bicyclic) bond motifs is 2. The van der Waals surface area contributed by atoms with Gasteiger partial charge in [-0.3, -0.25) is 0 Å². The van der Waals surface area contributed by atoms with Crippen LogP contribution >= 0.6 is 0 Å². The van der Waals surface area contributed by atoms with Crippen molar-refractivity contribution in [3.05, 3.63) is 53.9 Å². The van der Waals surface area contributed by atoms with Gasteiger partial charge in [-0.25, -0.2) is 15.0 Å². The van der Waals surface area contributed by atoms with E-state index in [0.29, 0.717) is 46.4 Å². The van der Waals surface area contributed by atoms with Gasteiger partial charge >= 0.3 is 0 Å². The summed E-state index contributed by atoms with van der Waals surface area (Å²) < 4.78 is 22.3. The van der Waals surface area contributed by atoms with Crippen molar-refractivity contribution < 1.29 is 18.9 Å². The summed E-state index contributed by atoms with van der Waals surface area (Å²) in [6, 6.07) is 9.58. The number of methoxy groups -OCH3 is 4. The van der Waals surface area contributed by atoms with E-state index in [1.807, 2.05) is 18.2 Å². The Morgan fingerprint density at radius 3 is 2.17 bits per heavy atom. The van der Waals surface area contributed by atoms with E-state index in [9.17, 15) is 0 Å². The van der Waals surface area contributed by atoms with E-state index < -0.39 is 0 Å². The van der Waals surface area contributed by atoms with Crippen LogP contribution in [0.3, 0.4) is 0 Å². The maximum Gasteiger partial charge on any atom is 0.172 e. The Kier molecular flexibility index (Phi) is 5.90. The molecule has 1 aliphatic heterocycles. The van der Waals surface area contributed by atoms with Crippen LogP contribution in [-0.4, -0.2) is 49.9 Å². The molecule has 0 atom stereocenters. The van der Waals surface area contributed by atoms with Crippen molar-refractivity contribution in [2.24, 2.45) is 0 Å². The van der Waals surface area contributed by atoms with Crippen molar-refractivity contribution in [3.8, 4) is 34.4 Å². The number of hydrogen-bond donors (Lipinski definition) is 1. The van der Waals surface area contributed by atoms with Crippen molar-refractivity contribution in [2.75, 3.05) is 45.6 Å². The first-order valence-corrected chi connectivity index (χ1v) is 11.2. The first-order valence-electron chi connectivity index (χ1n) is 11.2. The molecule has 2 aromatic carbocycles. The van der Waals surface area contributed by atoms with Crippen molar-refractivity contribution in [1.82, 2.24) is 15.0 Å². The summed E-state index contributed by atoms with van der Waals surface area (Å²) in [5, 5.41) is 0.724. The Morgan fingerprint density at radius 2 is 1.51 bits per heavy atom.